The molecule has 0 radical (unpaired) electrons. The summed E-state index contributed by atoms with van der Waals surface area (Å²) < 4.78 is 0. The number of rotatable bonds is 3. The first-order valence-corrected chi connectivity index (χ1v) is 7.22. The molecule has 0 aliphatic heterocycles. The van der Waals surface area contributed by atoms with Gasteiger partial charge in [-0.25, -0.2) is 0 Å². The Morgan fingerprint density at radius 3 is 2.06 bits per heavy atom. The van der Waals surface area contributed by atoms with E-state index in [-0.39, 0.29) is 5.41 Å². The second-order valence-electron chi connectivity index (χ2n) is 6.85. The Bertz CT molecular complexity index is 399. The van der Waals surface area contributed by atoms with Crippen molar-refractivity contribution in [1.82, 2.24) is 5.32 Å². The molecule has 0 bridgehead atoms. The van der Waals surface area contributed by atoms with Gasteiger partial charge in [-0.2, -0.15) is 0 Å². The topological polar surface area (TPSA) is 12.0 Å². The summed E-state index contributed by atoms with van der Waals surface area (Å²) >= 11 is 0. The summed E-state index contributed by atoms with van der Waals surface area (Å²) in [6, 6.07) is 5.50. The van der Waals surface area contributed by atoms with Crippen LogP contribution in [0.2, 0.25) is 0 Å². The second kappa shape index (κ2) is 5.05. The smallest absolute Gasteiger partial charge is 0.0213 e. The molecule has 0 unspecified atom stereocenters. The van der Waals surface area contributed by atoms with Crippen molar-refractivity contribution in [3.8, 4) is 0 Å². The Morgan fingerprint density at radius 1 is 1.11 bits per heavy atom. The van der Waals surface area contributed by atoms with Gasteiger partial charge in [-0.15, -0.1) is 0 Å². The molecule has 0 spiro atoms. The number of benzene rings is 1. The molecule has 18 heavy (non-hydrogen) atoms. The van der Waals surface area contributed by atoms with E-state index in [2.05, 4.69) is 52.1 Å². The van der Waals surface area contributed by atoms with E-state index in [1.807, 2.05) is 0 Å². The lowest BCUT2D eigenvalue weighted by molar-refractivity contribution is 0.338. The lowest BCUT2D eigenvalue weighted by atomic mass is 9.83. The molecular formula is C17H27N. The minimum atomic E-state index is 0.245. The summed E-state index contributed by atoms with van der Waals surface area (Å²) in [6.45, 7) is 12.4. The molecule has 1 aromatic rings. The zero-order chi connectivity index (χ0) is 13.3. The molecule has 0 heterocycles. The van der Waals surface area contributed by atoms with Gasteiger partial charge in [0, 0.05) is 12.6 Å². The highest BCUT2D eigenvalue weighted by molar-refractivity contribution is 5.40. The molecule has 1 saturated carbocycles. The Hall–Kier alpha value is -0.820. The van der Waals surface area contributed by atoms with E-state index in [1.165, 1.54) is 41.5 Å². The highest BCUT2D eigenvalue weighted by Gasteiger charge is 2.19. The Balaban J connectivity index is 2.15. The number of hydrogen-bond donors (Lipinski definition) is 1. The maximum absolute atomic E-state index is 3.68. The monoisotopic (exact) mass is 245 g/mol. The first kappa shape index (κ1) is 13.6. The van der Waals surface area contributed by atoms with Crippen LogP contribution in [0.3, 0.4) is 0 Å². The van der Waals surface area contributed by atoms with Gasteiger partial charge in [-0.05, 0) is 54.4 Å². The van der Waals surface area contributed by atoms with Crippen LogP contribution in [0, 0.1) is 13.8 Å². The average Bonchev–Trinajstić information content (AvgIpc) is 2.17. The van der Waals surface area contributed by atoms with Crippen LogP contribution < -0.4 is 5.32 Å². The molecule has 0 saturated heterocycles. The minimum Gasteiger partial charge on any atom is -0.310 e. The Labute approximate surface area is 112 Å². The Kier molecular flexibility index (Phi) is 3.82. The molecule has 2 rings (SSSR count). The van der Waals surface area contributed by atoms with Crippen LogP contribution in [-0.2, 0) is 12.0 Å². The lowest BCUT2D eigenvalue weighted by Gasteiger charge is -2.28. The highest BCUT2D eigenvalue weighted by Crippen LogP contribution is 2.27. The zero-order valence-corrected chi connectivity index (χ0v) is 12.6. The first-order chi connectivity index (χ1) is 8.38. The second-order valence-corrected chi connectivity index (χ2v) is 6.85. The lowest BCUT2D eigenvalue weighted by Crippen LogP contribution is -2.34. The van der Waals surface area contributed by atoms with E-state index < -0.39 is 0 Å². The van der Waals surface area contributed by atoms with Gasteiger partial charge in [0.2, 0.25) is 0 Å². The van der Waals surface area contributed by atoms with Gasteiger partial charge >= 0.3 is 0 Å². The Morgan fingerprint density at radius 2 is 1.67 bits per heavy atom. The van der Waals surface area contributed by atoms with E-state index in [9.17, 15) is 0 Å². The molecule has 1 fully saturated rings. The summed E-state index contributed by atoms with van der Waals surface area (Å²) in [5.41, 5.74) is 6.06. The molecule has 1 nitrogen and oxygen atoms in total. The molecule has 100 valence electrons. The first-order valence-electron chi connectivity index (χ1n) is 7.22. The molecular weight excluding hydrogens is 218 g/mol. The third-order valence-electron chi connectivity index (χ3n) is 4.23. The summed E-state index contributed by atoms with van der Waals surface area (Å²) in [5, 5.41) is 3.68. The standard InChI is InChI=1S/C17H27N/c1-12-9-14(17(3,4)5)10-13(2)16(12)11-18-15-7-6-8-15/h9-10,15,18H,6-8,11H2,1-5H3. The van der Waals surface area contributed by atoms with Crippen LogP contribution in [0.4, 0.5) is 0 Å². The summed E-state index contributed by atoms with van der Waals surface area (Å²) in [7, 11) is 0. The fourth-order valence-corrected chi connectivity index (χ4v) is 2.56. The molecule has 0 amide bonds. The third kappa shape index (κ3) is 2.95. The van der Waals surface area contributed by atoms with Crippen LogP contribution in [0.15, 0.2) is 12.1 Å². The zero-order valence-electron chi connectivity index (χ0n) is 12.6. The van der Waals surface area contributed by atoms with Crippen molar-refractivity contribution >= 4 is 0 Å². The van der Waals surface area contributed by atoms with Gasteiger partial charge in [0.25, 0.3) is 0 Å². The average molecular weight is 245 g/mol. The van der Waals surface area contributed by atoms with E-state index in [0.717, 1.165) is 12.6 Å². The van der Waals surface area contributed by atoms with E-state index in [4.69, 9.17) is 0 Å². The van der Waals surface area contributed by atoms with Crippen molar-refractivity contribution in [1.29, 1.82) is 0 Å². The maximum atomic E-state index is 3.68. The SMILES string of the molecule is Cc1cc(C(C)(C)C)cc(C)c1CNC1CCC1. The van der Waals surface area contributed by atoms with Gasteiger partial charge in [-0.1, -0.05) is 39.3 Å². The van der Waals surface area contributed by atoms with Gasteiger partial charge < -0.3 is 5.32 Å². The highest BCUT2D eigenvalue weighted by atomic mass is 14.9. The van der Waals surface area contributed by atoms with Crippen molar-refractivity contribution in [2.75, 3.05) is 0 Å². The molecule has 0 atom stereocenters. The van der Waals surface area contributed by atoms with E-state index in [1.54, 1.807) is 0 Å². The normalized spacial score (nSPS) is 16.7. The number of aryl methyl sites for hydroxylation is 2. The summed E-state index contributed by atoms with van der Waals surface area (Å²) in [4.78, 5) is 0. The van der Waals surface area contributed by atoms with Gasteiger partial charge in [0.05, 0.1) is 0 Å². The van der Waals surface area contributed by atoms with Crippen LogP contribution >= 0.6 is 0 Å². The van der Waals surface area contributed by atoms with Crippen molar-refractivity contribution in [3.63, 3.8) is 0 Å². The fourth-order valence-electron chi connectivity index (χ4n) is 2.56. The van der Waals surface area contributed by atoms with Crippen molar-refractivity contribution < 1.29 is 0 Å². The molecule has 1 aliphatic carbocycles. The quantitative estimate of drug-likeness (QED) is 0.839. The van der Waals surface area contributed by atoms with Crippen molar-refractivity contribution in [2.45, 2.75) is 71.9 Å². The maximum Gasteiger partial charge on any atom is 0.0213 e. The van der Waals surface area contributed by atoms with Gasteiger partial charge in [0.1, 0.15) is 0 Å². The molecule has 1 N–H and O–H groups in total. The van der Waals surface area contributed by atoms with Crippen LogP contribution in [0.1, 0.15) is 62.3 Å². The van der Waals surface area contributed by atoms with Gasteiger partial charge in [0.15, 0.2) is 0 Å². The molecule has 0 aromatic heterocycles. The van der Waals surface area contributed by atoms with Crippen molar-refractivity contribution in [3.05, 3.63) is 34.4 Å². The van der Waals surface area contributed by atoms with Crippen LogP contribution in [0.25, 0.3) is 0 Å². The summed E-state index contributed by atoms with van der Waals surface area (Å²) in [6.07, 6.45) is 4.12. The fraction of sp³-hybridized carbons (Fsp3) is 0.647. The minimum absolute atomic E-state index is 0.245. The molecule has 1 aliphatic rings. The van der Waals surface area contributed by atoms with Gasteiger partial charge in [-0.3, -0.25) is 0 Å². The van der Waals surface area contributed by atoms with E-state index in [0.29, 0.717) is 0 Å². The predicted octanol–water partition coefficient (Wildman–Crippen LogP) is 4.24. The molecule has 1 heteroatoms. The van der Waals surface area contributed by atoms with E-state index >= 15 is 0 Å². The predicted molar refractivity (Wildman–Crippen MR) is 79.1 cm³/mol. The third-order valence-corrected chi connectivity index (χ3v) is 4.23. The van der Waals surface area contributed by atoms with Crippen LogP contribution in [0.5, 0.6) is 0 Å². The largest absolute Gasteiger partial charge is 0.310 e. The van der Waals surface area contributed by atoms with Crippen LogP contribution in [-0.4, -0.2) is 6.04 Å². The van der Waals surface area contributed by atoms with Crippen molar-refractivity contribution in [2.24, 2.45) is 0 Å². The molecule has 1 aromatic carbocycles. The summed E-state index contributed by atoms with van der Waals surface area (Å²) in [5.74, 6) is 0. The number of nitrogens with one attached hydrogen (secondary N) is 1. The number of hydrogen-bond acceptors (Lipinski definition) is 1.